The summed E-state index contributed by atoms with van der Waals surface area (Å²) in [5, 5.41) is 21.0. The van der Waals surface area contributed by atoms with Crippen LogP contribution in [0.25, 0.3) is 10.4 Å². The Morgan fingerprint density at radius 3 is 2.81 bits per heavy atom. The molecule has 0 saturated carbocycles. The van der Waals surface area contributed by atoms with Crippen molar-refractivity contribution in [2.24, 2.45) is 5.41 Å². The number of rotatable bonds is 5. The second-order valence-corrected chi connectivity index (χ2v) is 8.71. The van der Waals surface area contributed by atoms with Crippen molar-refractivity contribution in [3.05, 3.63) is 49.9 Å². The number of aryl methyl sites for hydroxylation is 1. The van der Waals surface area contributed by atoms with Crippen LogP contribution in [-0.2, 0) is 19.4 Å². The van der Waals surface area contributed by atoms with Crippen LogP contribution in [0.1, 0.15) is 46.6 Å². The molecule has 0 spiro atoms. The average molecular weight is 393 g/mol. The molecule has 6 nitrogen and oxygen atoms in total. The first-order chi connectivity index (χ1) is 12.2. The maximum atomic E-state index is 12.1. The van der Waals surface area contributed by atoms with Crippen LogP contribution in [0.4, 0.5) is 5.69 Å². The molecule has 2 aromatic rings. The lowest BCUT2D eigenvalue weighted by molar-refractivity contribution is -0.384. The molecule has 0 atom stereocenters. The Morgan fingerprint density at radius 2 is 2.19 bits per heavy atom. The number of carbonyl (C=O) groups is 1. The molecule has 1 aromatic carbocycles. The Balaban J connectivity index is 2.20. The molecule has 0 radical (unpaired) electrons. The summed E-state index contributed by atoms with van der Waals surface area (Å²) in [5.41, 5.74) is 2.68. The third-order valence-electron chi connectivity index (χ3n) is 4.80. The van der Waals surface area contributed by atoms with Gasteiger partial charge in [-0.3, -0.25) is 14.8 Å². The van der Waals surface area contributed by atoms with Crippen LogP contribution in [0.3, 0.4) is 0 Å². The van der Waals surface area contributed by atoms with E-state index in [0.717, 1.165) is 29.7 Å². The number of thiol groups is 1. The van der Waals surface area contributed by atoms with Crippen molar-refractivity contribution in [1.82, 2.24) is 4.72 Å². The van der Waals surface area contributed by atoms with Gasteiger partial charge in [0.25, 0.3) is 5.69 Å². The summed E-state index contributed by atoms with van der Waals surface area (Å²) in [6.07, 6.45) is 2.61. The molecular formula is C18H20N2O4S2. The van der Waals surface area contributed by atoms with Gasteiger partial charge < -0.3 is 5.11 Å². The monoisotopic (exact) mass is 392 g/mol. The summed E-state index contributed by atoms with van der Waals surface area (Å²) >= 11 is 5.50. The highest BCUT2D eigenvalue weighted by molar-refractivity contribution is 7.78. The van der Waals surface area contributed by atoms with E-state index in [1.165, 1.54) is 23.5 Å². The summed E-state index contributed by atoms with van der Waals surface area (Å²) in [6, 6.07) is 4.55. The lowest BCUT2D eigenvalue weighted by Crippen LogP contribution is -2.22. The molecule has 1 aliphatic rings. The zero-order chi connectivity index (χ0) is 19.1. The van der Waals surface area contributed by atoms with Gasteiger partial charge in [-0.15, -0.1) is 11.3 Å². The van der Waals surface area contributed by atoms with Crippen LogP contribution >= 0.6 is 24.2 Å². The predicted molar refractivity (Wildman–Crippen MR) is 105 cm³/mol. The fraction of sp³-hybridized carbons (Fsp3) is 0.389. The Bertz CT molecular complexity index is 890. The SMILES string of the molecule is CC1(C)CCc2sc(-c3ccc([N+](=O)[O-])cc3CNS)c(C(=O)O)c2C1. The molecule has 1 aromatic heterocycles. The van der Waals surface area contributed by atoms with Crippen molar-refractivity contribution in [2.75, 3.05) is 0 Å². The fourth-order valence-electron chi connectivity index (χ4n) is 3.48. The van der Waals surface area contributed by atoms with Gasteiger partial charge in [0.2, 0.25) is 0 Å². The van der Waals surface area contributed by atoms with Gasteiger partial charge in [-0.2, -0.15) is 0 Å². The van der Waals surface area contributed by atoms with Gasteiger partial charge in [0, 0.05) is 28.4 Å². The van der Waals surface area contributed by atoms with E-state index in [1.807, 2.05) is 0 Å². The molecule has 1 heterocycles. The Morgan fingerprint density at radius 1 is 1.46 bits per heavy atom. The molecule has 0 fully saturated rings. The van der Waals surface area contributed by atoms with Gasteiger partial charge >= 0.3 is 5.97 Å². The normalized spacial score (nSPS) is 15.5. The first kappa shape index (κ1) is 18.9. The van der Waals surface area contributed by atoms with Gasteiger partial charge in [0.15, 0.2) is 0 Å². The Hall–Kier alpha value is -1.90. The molecule has 3 rings (SSSR count). The van der Waals surface area contributed by atoms with E-state index in [1.54, 1.807) is 6.07 Å². The van der Waals surface area contributed by atoms with Crippen molar-refractivity contribution in [3.63, 3.8) is 0 Å². The molecule has 1 aliphatic carbocycles. The van der Waals surface area contributed by atoms with Crippen molar-refractivity contribution in [2.45, 2.75) is 39.7 Å². The summed E-state index contributed by atoms with van der Waals surface area (Å²) in [7, 11) is 0. The third kappa shape index (κ3) is 3.49. The zero-order valence-electron chi connectivity index (χ0n) is 14.5. The number of hydrogen-bond donors (Lipinski definition) is 3. The van der Waals surface area contributed by atoms with E-state index in [2.05, 4.69) is 31.4 Å². The predicted octanol–water partition coefficient (Wildman–Crippen LogP) is 4.47. The molecule has 0 unspecified atom stereocenters. The van der Waals surface area contributed by atoms with E-state index in [0.29, 0.717) is 28.1 Å². The minimum Gasteiger partial charge on any atom is -0.478 e. The molecule has 0 aliphatic heterocycles. The molecular weight excluding hydrogens is 372 g/mol. The number of fused-ring (bicyclic) bond motifs is 1. The van der Waals surface area contributed by atoms with Gasteiger partial charge in [-0.25, -0.2) is 4.79 Å². The van der Waals surface area contributed by atoms with Crippen molar-refractivity contribution < 1.29 is 14.8 Å². The van der Waals surface area contributed by atoms with Crippen molar-refractivity contribution >= 4 is 35.8 Å². The number of hydrogen-bond acceptors (Lipinski definition) is 6. The van der Waals surface area contributed by atoms with Crippen LogP contribution in [0, 0.1) is 15.5 Å². The lowest BCUT2D eigenvalue weighted by Gasteiger charge is -2.29. The highest BCUT2D eigenvalue weighted by atomic mass is 32.1. The minimum absolute atomic E-state index is 0.0216. The van der Waals surface area contributed by atoms with E-state index in [-0.39, 0.29) is 11.1 Å². The number of nitrogens with zero attached hydrogens (tertiary/aromatic N) is 1. The van der Waals surface area contributed by atoms with Gasteiger partial charge in [-0.1, -0.05) is 26.7 Å². The lowest BCUT2D eigenvalue weighted by atomic mass is 9.76. The number of non-ortho nitro benzene ring substituents is 1. The first-order valence-corrected chi connectivity index (χ1v) is 9.52. The van der Waals surface area contributed by atoms with Gasteiger partial charge in [0.05, 0.1) is 10.5 Å². The number of benzene rings is 1. The first-order valence-electron chi connectivity index (χ1n) is 8.26. The van der Waals surface area contributed by atoms with E-state index < -0.39 is 10.9 Å². The van der Waals surface area contributed by atoms with Crippen LogP contribution in [0.2, 0.25) is 0 Å². The molecule has 26 heavy (non-hydrogen) atoms. The topological polar surface area (TPSA) is 92.5 Å². The van der Waals surface area contributed by atoms with Crippen LogP contribution < -0.4 is 4.72 Å². The second-order valence-electron chi connectivity index (χ2n) is 7.29. The maximum Gasteiger partial charge on any atom is 0.337 e. The Kier molecular flexibility index (Phi) is 5.09. The third-order valence-corrected chi connectivity index (χ3v) is 6.29. The number of aromatic carboxylic acids is 1. The van der Waals surface area contributed by atoms with Crippen molar-refractivity contribution in [1.29, 1.82) is 0 Å². The molecule has 0 amide bonds. The molecule has 2 N–H and O–H groups in total. The molecule has 8 heteroatoms. The van der Waals surface area contributed by atoms with Gasteiger partial charge in [0.1, 0.15) is 0 Å². The summed E-state index contributed by atoms with van der Waals surface area (Å²) < 4.78 is 2.71. The number of carboxylic acids is 1. The van der Waals surface area contributed by atoms with E-state index in [4.69, 9.17) is 0 Å². The van der Waals surface area contributed by atoms with Gasteiger partial charge in [-0.05, 0) is 47.4 Å². The summed E-state index contributed by atoms with van der Waals surface area (Å²) in [5.74, 6) is -0.946. The Labute approximate surface area is 160 Å². The van der Waals surface area contributed by atoms with Crippen molar-refractivity contribution in [3.8, 4) is 10.4 Å². The standard InChI is InChI=1S/C18H20N2O4S2/c1-18(2)6-5-14-13(8-18)15(17(21)22)16(26-14)12-4-3-11(20(23)24)7-10(12)9-19-25/h3-4,7,19,25H,5-6,8-9H2,1-2H3,(H,21,22). The minimum atomic E-state index is -0.946. The number of carboxylic acid groups (broad SMARTS) is 1. The van der Waals surface area contributed by atoms with Crippen LogP contribution in [0.5, 0.6) is 0 Å². The average Bonchev–Trinajstić information content (AvgIpc) is 2.92. The summed E-state index contributed by atoms with van der Waals surface area (Å²) in [4.78, 5) is 24.5. The quantitative estimate of drug-likeness (QED) is 0.397. The fourth-order valence-corrected chi connectivity index (χ4v) is 5.02. The highest BCUT2D eigenvalue weighted by Gasteiger charge is 2.33. The maximum absolute atomic E-state index is 12.1. The van der Waals surface area contributed by atoms with E-state index >= 15 is 0 Å². The zero-order valence-corrected chi connectivity index (χ0v) is 16.2. The molecule has 138 valence electrons. The molecule has 0 bridgehead atoms. The largest absolute Gasteiger partial charge is 0.478 e. The second kappa shape index (κ2) is 7.02. The number of nitrogens with one attached hydrogen (secondary N) is 1. The molecule has 0 saturated heterocycles. The van der Waals surface area contributed by atoms with Crippen LogP contribution in [-0.4, -0.2) is 16.0 Å². The number of thiophene rings is 1. The smallest absolute Gasteiger partial charge is 0.337 e. The number of nitro groups is 1. The van der Waals surface area contributed by atoms with E-state index in [9.17, 15) is 20.0 Å². The van der Waals surface area contributed by atoms with Crippen LogP contribution in [0.15, 0.2) is 18.2 Å². The number of nitro benzene ring substituents is 1. The highest BCUT2D eigenvalue weighted by Crippen LogP contribution is 2.46. The summed E-state index contributed by atoms with van der Waals surface area (Å²) in [6.45, 7) is 4.61.